The molecule has 0 unspecified atom stereocenters. The zero-order valence-electron chi connectivity index (χ0n) is 9.96. The van der Waals surface area contributed by atoms with Crippen molar-refractivity contribution in [3.05, 3.63) is 33.8 Å². The lowest BCUT2D eigenvalue weighted by Crippen LogP contribution is -2.40. The molecule has 3 nitrogen and oxygen atoms in total. The topological polar surface area (TPSA) is 49.3 Å². The number of fused-ring (bicyclic) bond motifs is 1. The molecule has 0 bridgehead atoms. The monoisotopic (exact) mass is 297 g/mol. The largest absolute Gasteiger partial charge is 0.465 e. The second-order valence-corrected chi connectivity index (χ2v) is 6.13. The molecule has 0 fully saturated rings. The third-order valence-corrected chi connectivity index (χ3v) is 4.00. The van der Waals surface area contributed by atoms with E-state index < -0.39 is 6.09 Å². The van der Waals surface area contributed by atoms with Gasteiger partial charge in [-0.3, -0.25) is 0 Å². The van der Waals surface area contributed by atoms with E-state index in [1.54, 1.807) is 0 Å². The van der Waals surface area contributed by atoms with Gasteiger partial charge in [-0.1, -0.05) is 35.8 Å². The average molecular weight is 298 g/mol. The number of carboxylic acid groups (broad SMARTS) is 1. The molecule has 2 rings (SSSR count). The van der Waals surface area contributed by atoms with Gasteiger partial charge in [0.05, 0.1) is 6.04 Å². The number of aryl methyl sites for hydroxylation is 1. The lowest BCUT2D eigenvalue weighted by molar-refractivity contribution is 0.161. The summed E-state index contributed by atoms with van der Waals surface area (Å²) in [5.74, 6) is 0. The predicted octanol–water partition coefficient (Wildman–Crippen LogP) is 3.73. The first-order valence-corrected chi connectivity index (χ1v) is 6.47. The van der Waals surface area contributed by atoms with Gasteiger partial charge in [-0.2, -0.15) is 0 Å². The SMILES string of the molecule is CC1(C)CCc2cc(Br)ccc2[C@@H]1NC(=O)O. The lowest BCUT2D eigenvalue weighted by atomic mass is 9.70. The minimum absolute atomic E-state index is 0.0424. The number of hydrogen-bond acceptors (Lipinski definition) is 1. The van der Waals surface area contributed by atoms with Crippen LogP contribution in [0.2, 0.25) is 0 Å². The van der Waals surface area contributed by atoms with E-state index in [0.717, 1.165) is 22.9 Å². The van der Waals surface area contributed by atoms with Crippen LogP contribution < -0.4 is 5.32 Å². The molecule has 2 N–H and O–H groups in total. The first-order valence-electron chi connectivity index (χ1n) is 5.68. The van der Waals surface area contributed by atoms with Crippen LogP contribution in [-0.4, -0.2) is 11.2 Å². The summed E-state index contributed by atoms with van der Waals surface area (Å²) >= 11 is 3.45. The molecule has 1 aliphatic rings. The van der Waals surface area contributed by atoms with E-state index in [1.807, 2.05) is 12.1 Å². The summed E-state index contributed by atoms with van der Waals surface area (Å²) in [6, 6.07) is 5.94. The molecule has 0 radical (unpaired) electrons. The fourth-order valence-electron chi connectivity index (χ4n) is 2.49. The molecular weight excluding hydrogens is 282 g/mol. The normalized spacial score (nSPS) is 21.7. The molecule has 1 atom stereocenters. The standard InChI is InChI=1S/C13H16BrNO2/c1-13(2)6-5-8-7-9(14)3-4-10(8)11(13)15-12(16)17/h3-4,7,11,15H,5-6H2,1-2H3,(H,16,17)/t11-/m0/s1. The summed E-state index contributed by atoms with van der Waals surface area (Å²) in [6.45, 7) is 4.22. The van der Waals surface area contributed by atoms with Gasteiger partial charge in [-0.05, 0) is 41.5 Å². The van der Waals surface area contributed by atoms with Crippen molar-refractivity contribution in [2.75, 3.05) is 0 Å². The van der Waals surface area contributed by atoms with Gasteiger partial charge >= 0.3 is 6.09 Å². The van der Waals surface area contributed by atoms with Crippen molar-refractivity contribution in [1.29, 1.82) is 0 Å². The van der Waals surface area contributed by atoms with Gasteiger partial charge in [0.1, 0.15) is 0 Å². The molecule has 0 saturated heterocycles. The van der Waals surface area contributed by atoms with Gasteiger partial charge < -0.3 is 10.4 Å². The fourth-order valence-corrected chi connectivity index (χ4v) is 2.90. The third-order valence-electron chi connectivity index (χ3n) is 3.50. The van der Waals surface area contributed by atoms with Crippen molar-refractivity contribution < 1.29 is 9.90 Å². The van der Waals surface area contributed by atoms with Crippen LogP contribution >= 0.6 is 15.9 Å². The van der Waals surface area contributed by atoms with E-state index in [4.69, 9.17) is 5.11 Å². The smallest absolute Gasteiger partial charge is 0.405 e. The molecule has 1 aliphatic carbocycles. The van der Waals surface area contributed by atoms with Crippen LogP contribution in [0, 0.1) is 5.41 Å². The van der Waals surface area contributed by atoms with E-state index in [9.17, 15) is 4.79 Å². The Hall–Kier alpha value is -1.03. The second kappa shape index (κ2) is 4.33. The highest BCUT2D eigenvalue weighted by atomic mass is 79.9. The van der Waals surface area contributed by atoms with Crippen LogP contribution in [0.3, 0.4) is 0 Å². The van der Waals surface area contributed by atoms with Gasteiger partial charge in [-0.15, -0.1) is 0 Å². The Kier molecular flexibility index (Phi) is 3.17. The molecule has 0 spiro atoms. The summed E-state index contributed by atoms with van der Waals surface area (Å²) in [5, 5.41) is 11.6. The second-order valence-electron chi connectivity index (χ2n) is 5.21. The van der Waals surface area contributed by atoms with Crippen LogP contribution in [0.5, 0.6) is 0 Å². The summed E-state index contributed by atoms with van der Waals surface area (Å²) in [6.07, 6.45) is 1.03. The Morgan fingerprint density at radius 3 is 2.88 bits per heavy atom. The molecule has 0 aromatic heterocycles. The van der Waals surface area contributed by atoms with E-state index >= 15 is 0 Å². The highest BCUT2D eigenvalue weighted by Crippen LogP contribution is 2.43. The van der Waals surface area contributed by atoms with Crippen LogP contribution in [-0.2, 0) is 6.42 Å². The van der Waals surface area contributed by atoms with Crippen LogP contribution in [0.25, 0.3) is 0 Å². The number of carbonyl (C=O) groups is 1. The Labute approximate surface area is 109 Å². The van der Waals surface area contributed by atoms with Gasteiger partial charge in [0, 0.05) is 4.47 Å². The van der Waals surface area contributed by atoms with Gasteiger partial charge in [0.15, 0.2) is 0 Å². The Bertz CT molecular complexity index is 457. The van der Waals surface area contributed by atoms with E-state index in [-0.39, 0.29) is 11.5 Å². The maximum Gasteiger partial charge on any atom is 0.405 e. The van der Waals surface area contributed by atoms with Gasteiger partial charge in [-0.25, -0.2) is 4.79 Å². The summed E-state index contributed by atoms with van der Waals surface area (Å²) in [5.41, 5.74) is 2.29. The summed E-state index contributed by atoms with van der Waals surface area (Å²) < 4.78 is 1.05. The number of halogens is 1. The Morgan fingerprint density at radius 1 is 1.53 bits per heavy atom. The highest BCUT2D eigenvalue weighted by molar-refractivity contribution is 9.10. The van der Waals surface area contributed by atoms with E-state index in [2.05, 4.69) is 41.2 Å². The van der Waals surface area contributed by atoms with Crippen LogP contribution in [0.4, 0.5) is 4.79 Å². The third kappa shape index (κ3) is 2.46. The molecule has 1 aromatic rings. The van der Waals surface area contributed by atoms with Crippen molar-refractivity contribution in [3.8, 4) is 0 Å². The molecule has 4 heteroatoms. The molecule has 0 saturated carbocycles. The number of benzene rings is 1. The van der Waals surface area contributed by atoms with Gasteiger partial charge in [0.25, 0.3) is 0 Å². The molecule has 17 heavy (non-hydrogen) atoms. The lowest BCUT2D eigenvalue weighted by Gasteiger charge is -2.39. The number of hydrogen-bond donors (Lipinski definition) is 2. The number of nitrogens with one attached hydrogen (secondary N) is 1. The number of rotatable bonds is 1. The molecule has 0 heterocycles. The van der Waals surface area contributed by atoms with Crippen molar-refractivity contribution in [3.63, 3.8) is 0 Å². The van der Waals surface area contributed by atoms with E-state index in [0.29, 0.717) is 0 Å². The van der Waals surface area contributed by atoms with Gasteiger partial charge in [0.2, 0.25) is 0 Å². The predicted molar refractivity (Wildman–Crippen MR) is 70.1 cm³/mol. The zero-order valence-corrected chi connectivity index (χ0v) is 11.5. The molecule has 92 valence electrons. The zero-order chi connectivity index (χ0) is 12.6. The van der Waals surface area contributed by atoms with Crippen LogP contribution in [0.15, 0.2) is 22.7 Å². The van der Waals surface area contributed by atoms with Crippen LogP contribution in [0.1, 0.15) is 37.4 Å². The molecule has 0 aliphatic heterocycles. The van der Waals surface area contributed by atoms with Crippen molar-refractivity contribution in [1.82, 2.24) is 5.32 Å². The van der Waals surface area contributed by atoms with E-state index in [1.165, 1.54) is 5.56 Å². The fraction of sp³-hybridized carbons (Fsp3) is 0.462. The molecular formula is C13H16BrNO2. The maximum absolute atomic E-state index is 10.9. The quantitative estimate of drug-likeness (QED) is 0.830. The first kappa shape index (κ1) is 12.4. The molecule has 1 aromatic carbocycles. The Balaban J connectivity index is 2.43. The van der Waals surface area contributed by atoms with Crippen molar-refractivity contribution >= 4 is 22.0 Å². The first-order chi connectivity index (χ1) is 7.90. The van der Waals surface area contributed by atoms with Crippen molar-refractivity contribution in [2.45, 2.75) is 32.7 Å². The number of amides is 1. The minimum atomic E-state index is -0.959. The summed E-state index contributed by atoms with van der Waals surface area (Å²) in [7, 11) is 0. The Morgan fingerprint density at radius 2 is 2.24 bits per heavy atom. The average Bonchev–Trinajstić information content (AvgIpc) is 2.22. The molecule has 1 amide bonds. The highest BCUT2D eigenvalue weighted by Gasteiger charge is 2.36. The summed E-state index contributed by atoms with van der Waals surface area (Å²) in [4.78, 5) is 10.9. The van der Waals surface area contributed by atoms with Crippen molar-refractivity contribution in [2.24, 2.45) is 5.41 Å². The maximum atomic E-state index is 10.9. The minimum Gasteiger partial charge on any atom is -0.465 e.